The van der Waals surface area contributed by atoms with Crippen LogP contribution >= 0.6 is 0 Å². The number of halogens is 1. The number of sulfonamides is 1. The van der Waals surface area contributed by atoms with Crippen molar-refractivity contribution in [2.75, 3.05) is 23.7 Å². The fraction of sp³-hybridized carbons (Fsp3) is 0.440. The van der Waals surface area contributed by atoms with Crippen LogP contribution in [0.15, 0.2) is 48.5 Å². The largest absolute Gasteiger partial charge is 0.351 e. The third kappa shape index (κ3) is 5.64. The number of nitrogens with one attached hydrogen (secondary N) is 1. The summed E-state index contributed by atoms with van der Waals surface area (Å²) in [4.78, 5) is 28.4. The highest BCUT2D eigenvalue weighted by molar-refractivity contribution is 7.90. The highest BCUT2D eigenvalue weighted by atomic mass is 32.2. The van der Waals surface area contributed by atoms with E-state index in [1.165, 1.54) is 22.5 Å². The van der Waals surface area contributed by atoms with E-state index in [1.54, 1.807) is 12.1 Å². The van der Waals surface area contributed by atoms with E-state index < -0.39 is 39.4 Å². The molecule has 182 valence electrons. The van der Waals surface area contributed by atoms with Crippen LogP contribution in [0.3, 0.4) is 0 Å². The molecule has 9 heteroatoms. The number of aryl methyl sites for hydroxylation is 1. The Morgan fingerprint density at radius 2 is 1.79 bits per heavy atom. The van der Waals surface area contributed by atoms with Crippen LogP contribution in [0.4, 0.5) is 10.1 Å². The van der Waals surface area contributed by atoms with Crippen molar-refractivity contribution in [2.45, 2.75) is 51.1 Å². The van der Waals surface area contributed by atoms with Gasteiger partial charge in [-0.2, -0.15) is 4.31 Å². The average molecular weight is 488 g/mol. The molecule has 1 aliphatic carbocycles. The lowest BCUT2D eigenvalue weighted by molar-refractivity contribution is -0.126. The smallest absolute Gasteiger partial charge is 0.248 e. The first-order chi connectivity index (χ1) is 16.3. The number of hydrogen-bond acceptors (Lipinski definition) is 4. The average Bonchev–Trinajstić information content (AvgIpc) is 3.64. The normalized spacial score (nSPS) is 17.7. The van der Waals surface area contributed by atoms with Crippen LogP contribution in [0.1, 0.15) is 49.3 Å². The molecule has 0 spiro atoms. The maximum Gasteiger partial charge on any atom is 0.248 e. The van der Waals surface area contributed by atoms with Gasteiger partial charge in [-0.05, 0) is 49.1 Å². The second-order valence-electron chi connectivity index (χ2n) is 9.00. The van der Waals surface area contributed by atoms with Crippen molar-refractivity contribution < 1.29 is 22.4 Å². The molecule has 2 amide bonds. The summed E-state index contributed by atoms with van der Waals surface area (Å²) in [6.45, 7) is 2.58. The van der Waals surface area contributed by atoms with Crippen molar-refractivity contribution in [3.8, 4) is 0 Å². The molecule has 34 heavy (non-hydrogen) atoms. The molecular formula is C25H30FN3O4S. The lowest BCUT2D eigenvalue weighted by Crippen LogP contribution is -2.49. The van der Waals surface area contributed by atoms with Crippen LogP contribution in [-0.2, 0) is 19.6 Å². The molecule has 1 aliphatic heterocycles. The van der Waals surface area contributed by atoms with Crippen molar-refractivity contribution in [1.82, 2.24) is 9.62 Å². The Morgan fingerprint density at radius 1 is 1.09 bits per heavy atom. The molecule has 0 bridgehead atoms. The van der Waals surface area contributed by atoms with E-state index in [0.29, 0.717) is 18.7 Å². The summed E-state index contributed by atoms with van der Waals surface area (Å²) < 4.78 is 40.7. The van der Waals surface area contributed by atoms with Gasteiger partial charge in [0.25, 0.3) is 0 Å². The Balaban J connectivity index is 1.77. The molecule has 1 heterocycles. The Morgan fingerprint density at radius 3 is 2.44 bits per heavy atom. The fourth-order valence-corrected chi connectivity index (χ4v) is 5.79. The first kappa shape index (κ1) is 24.3. The maximum absolute atomic E-state index is 14.2. The van der Waals surface area contributed by atoms with Gasteiger partial charge in [-0.3, -0.25) is 14.5 Å². The Bertz CT molecular complexity index is 1160. The van der Waals surface area contributed by atoms with Gasteiger partial charge in [0, 0.05) is 24.8 Å². The second kappa shape index (κ2) is 10.2. The van der Waals surface area contributed by atoms with E-state index >= 15 is 0 Å². The van der Waals surface area contributed by atoms with Crippen LogP contribution < -0.4 is 10.2 Å². The lowest BCUT2D eigenvalue weighted by atomic mass is 9.94. The van der Waals surface area contributed by atoms with Gasteiger partial charge in [-0.25, -0.2) is 12.8 Å². The number of nitrogens with zero attached hydrogens (tertiary/aromatic N) is 2. The van der Waals surface area contributed by atoms with Crippen molar-refractivity contribution >= 4 is 27.5 Å². The van der Waals surface area contributed by atoms with Gasteiger partial charge in [-0.1, -0.05) is 49.6 Å². The van der Waals surface area contributed by atoms with Crippen LogP contribution in [0.5, 0.6) is 0 Å². The van der Waals surface area contributed by atoms with Crippen molar-refractivity contribution in [3.05, 3.63) is 65.5 Å². The third-order valence-corrected chi connectivity index (χ3v) is 8.17. The van der Waals surface area contributed by atoms with Crippen LogP contribution in [0.2, 0.25) is 0 Å². The number of amides is 2. The topological polar surface area (TPSA) is 86.6 Å². The molecule has 0 aromatic heterocycles. The van der Waals surface area contributed by atoms with Crippen LogP contribution in [-0.4, -0.2) is 49.4 Å². The molecular weight excluding hydrogens is 457 g/mol. The van der Waals surface area contributed by atoms with Crippen molar-refractivity contribution in [3.63, 3.8) is 0 Å². The summed E-state index contributed by atoms with van der Waals surface area (Å²) >= 11 is 0. The minimum Gasteiger partial charge on any atom is -0.351 e. The molecule has 2 aromatic rings. The summed E-state index contributed by atoms with van der Waals surface area (Å²) in [5.41, 5.74) is 1.48. The highest BCUT2D eigenvalue weighted by Gasteiger charge is 2.39. The predicted octanol–water partition coefficient (Wildman–Crippen LogP) is 3.30. The maximum atomic E-state index is 14.2. The minimum absolute atomic E-state index is 0.0152. The Kier molecular flexibility index (Phi) is 7.33. The van der Waals surface area contributed by atoms with Gasteiger partial charge >= 0.3 is 0 Å². The lowest BCUT2D eigenvalue weighted by Gasteiger charge is -2.34. The predicted molar refractivity (Wildman–Crippen MR) is 128 cm³/mol. The first-order valence-electron chi connectivity index (χ1n) is 11.7. The van der Waals surface area contributed by atoms with Gasteiger partial charge in [0.2, 0.25) is 21.8 Å². The quantitative estimate of drug-likeness (QED) is 0.579. The van der Waals surface area contributed by atoms with Crippen LogP contribution in [0, 0.1) is 12.7 Å². The SMILES string of the molecule is Cc1ccccc1C(C(=O)NC1CCCCC1)N(C(=O)CS(=O)(=O)N1CC1)c1cccc(F)c1. The van der Waals surface area contributed by atoms with Crippen molar-refractivity contribution in [1.29, 1.82) is 0 Å². The summed E-state index contributed by atoms with van der Waals surface area (Å²) in [6, 6.07) is 11.4. The van der Waals surface area contributed by atoms with E-state index in [-0.39, 0.29) is 11.7 Å². The number of anilines is 1. The van der Waals surface area contributed by atoms with E-state index in [9.17, 15) is 22.4 Å². The van der Waals surface area contributed by atoms with Gasteiger partial charge in [0.1, 0.15) is 17.6 Å². The fourth-order valence-electron chi connectivity index (χ4n) is 4.52. The van der Waals surface area contributed by atoms with E-state index in [4.69, 9.17) is 0 Å². The molecule has 1 saturated carbocycles. The molecule has 1 unspecified atom stereocenters. The minimum atomic E-state index is -3.81. The molecule has 1 saturated heterocycles. The zero-order valence-electron chi connectivity index (χ0n) is 19.2. The zero-order valence-corrected chi connectivity index (χ0v) is 20.1. The molecule has 2 aromatic carbocycles. The Hall–Kier alpha value is -2.78. The molecule has 2 fully saturated rings. The summed E-state index contributed by atoms with van der Waals surface area (Å²) in [5.74, 6) is -2.55. The second-order valence-corrected chi connectivity index (χ2v) is 11.0. The van der Waals surface area contributed by atoms with E-state index in [2.05, 4.69) is 5.32 Å². The van der Waals surface area contributed by atoms with Crippen molar-refractivity contribution in [2.24, 2.45) is 0 Å². The number of rotatable bonds is 8. The molecule has 0 radical (unpaired) electrons. The summed E-state index contributed by atoms with van der Waals surface area (Å²) in [7, 11) is -3.81. The first-order valence-corrected chi connectivity index (χ1v) is 13.3. The molecule has 7 nitrogen and oxygen atoms in total. The van der Waals surface area contributed by atoms with Gasteiger partial charge in [0.05, 0.1) is 0 Å². The van der Waals surface area contributed by atoms with Gasteiger partial charge in [-0.15, -0.1) is 0 Å². The standard InChI is InChI=1S/C25H30FN3O4S/c1-18-8-5-6-13-22(18)24(25(31)27-20-10-3-2-4-11-20)29(21-12-7-9-19(26)16-21)23(30)17-34(32,33)28-14-15-28/h5-9,12-13,16,20,24H,2-4,10-11,14-15,17H2,1H3,(H,27,31). The number of hydrogen-bond donors (Lipinski definition) is 1. The number of carbonyl (C=O) groups is 2. The van der Waals surface area contributed by atoms with Gasteiger partial charge in [0.15, 0.2) is 0 Å². The van der Waals surface area contributed by atoms with E-state index in [0.717, 1.165) is 48.6 Å². The number of benzene rings is 2. The van der Waals surface area contributed by atoms with E-state index in [1.807, 2.05) is 19.1 Å². The molecule has 1 atom stereocenters. The monoisotopic (exact) mass is 487 g/mol. The zero-order chi connectivity index (χ0) is 24.3. The third-order valence-electron chi connectivity index (χ3n) is 6.40. The van der Waals surface area contributed by atoms with Crippen LogP contribution in [0.25, 0.3) is 0 Å². The highest BCUT2D eigenvalue weighted by Crippen LogP contribution is 2.32. The molecule has 4 rings (SSSR count). The molecule has 2 aliphatic rings. The number of carbonyl (C=O) groups excluding carboxylic acids is 2. The summed E-state index contributed by atoms with van der Waals surface area (Å²) in [6.07, 6.45) is 4.85. The van der Waals surface area contributed by atoms with Gasteiger partial charge < -0.3 is 5.32 Å². The molecule has 1 N–H and O–H groups in total. The Labute approximate surface area is 200 Å². The summed E-state index contributed by atoms with van der Waals surface area (Å²) in [5, 5.41) is 3.08.